The van der Waals surface area contributed by atoms with Gasteiger partial charge < -0.3 is 37.6 Å². The molecule has 9 N–H and O–H groups in total. The van der Waals surface area contributed by atoms with Crippen LogP contribution in [0.2, 0.25) is 0 Å². The van der Waals surface area contributed by atoms with Crippen molar-refractivity contribution in [2.75, 3.05) is 0 Å². The fourth-order valence-electron chi connectivity index (χ4n) is 2.36. The molecule has 4 atom stereocenters. The molecule has 0 aromatic carbocycles. The summed E-state index contributed by atoms with van der Waals surface area (Å²) in [5, 5.41) is 24.5. The van der Waals surface area contributed by atoms with E-state index in [1.54, 1.807) is 0 Å². The number of nitrogens with one attached hydrogen (secondary N) is 3. The first-order valence-corrected chi connectivity index (χ1v) is 9.14. The third-order valence-corrected chi connectivity index (χ3v) is 3.85. The summed E-state index contributed by atoms with van der Waals surface area (Å²) in [5.74, 6) is -6.41. The molecule has 170 valence electrons. The van der Waals surface area contributed by atoms with E-state index in [1.807, 2.05) is 19.2 Å². The van der Waals surface area contributed by atoms with Crippen LogP contribution in [-0.2, 0) is 28.8 Å². The molecule has 0 heterocycles. The van der Waals surface area contributed by atoms with E-state index in [0.29, 0.717) is 6.42 Å². The van der Waals surface area contributed by atoms with Crippen molar-refractivity contribution < 1.29 is 39.0 Å². The van der Waals surface area contributed by atoms with Crippen molar-refractivity contribution in [2.24, 2.45) is 17.4 Å². The highest BCUT2D eigenvalue weighted by molar-refractivity contribution is 5.96. The van der Waals surface area contributed by atoms with E-state index >= 15 is 0 Å². The number of carboxylic acids is 2. The molecule has 0 aliphatic heterocycles. The minimum Gasteiger partial charge on any atom is -0.481 e. The first kappa shape index (κ1) is 26.8. The molecule has 4 unspecified atom stereocenters. The summed E-state index contributed by atoms with van der Waals surface area (Å²) in [4.78, 5) is 69.6. The summed E-state index contributed by atoms with van der Waals surface area (Å²) in [5.41, 5.74) is 10.6. The molecule has 0 saturated carbocycles. The van der Waals surface area contributed by atoms with Gasteiger partial charge in [0.1, 0.15) is 18.1 Å². The van der Waals surface area contributed by atoms with Crippen LogP contribution in [0.25, 0.3) is 0 Å². The SMILES string of the molecule is CC(C)CC(N)C(=O)NC(CC(=O)O)C(=O)NC(C)C(=O)NC(CC(N)=O)C(=O)O. The number of primary amides is 1. The van der Waals surface area contributed by atoms with Crippen LogP contribution in [0.3, 0.4) is 0 Å². The summed E-state index contributed by atoms with van der Waals surface area (Å²) in [6, 6.07) is -5.37. The Bertz CT molecular complexity index is 681. The summed E-state index contributed by atoms with van der Waals surface area (Å²) in [6.07, 6.45) is -1.12. The molecule has 0 aliphatic rings. The van der Waals surface area contributed by atoms with Gasteiger partial charge in [-0.3, -0.25) is 24.0 Å². The zero-order valence-electron chi connectivity index (χ0n) is 17.0. The molecule has 13 heteroatoms. The number of amides is 4. The van der Waals surface area contributed by atoms with Gasteiger partial charge in [0.2, 0.25) is 23.6 Å². The van der Waals surface area contributed by atoms with Crippen LogP contribution in [0.1, 0.15) is 40.0 Å². The molecule has 0 rings (SSSR count). The van der Waals surface area contributed by atoms with E-state index in [-0.39, 0.29) is 5.92 Å². The van der Waals surface area contributed by atoms with Gasteiger partial charge in [-0.1, -0.05) is 13.8 Å². The van der Waals surface area contributed by atoms with Crippen molar-refractivity contribution in [3.63, 3.8) is 0 Å². The first-order valence-electron chi connectivity index (χ1n) is 9.14. The van der Waals surface area contributed by atoms with Crippen molar-refractivity contribution in [3.8, 4) is 0 Å². The van der Waals surface area contributed by atoms with E-state index in [0.717, 1.165) is 0 Å². The normalized spacial score (nSPS) is 14.7. The lowest BCUT2D eigenvalue weighted by molar-refractivity contribution is -0.144. The average molecular weight is 431 g/mol. The van der Waals surface area contributed by atoms with E-state index in [4.69, 9.17) is 21.7 Å². The minimum atomic E-state index is -1.60. The van der Waals surface area contributed by atoms with Gasteiger partial charge in [0.25, 0.3) is 0 Å². The van der Waals surface area contributed by atoms with Gasteiger partial charge in [0, 0.05) is 0 Å². The maximum absolute atomic E-state index is 12.4. The third-order valence-electron chi connectivity index (χ3n) is 3.85. The zero-order chi connectivity index (χ0) is 23.6. The highest BCUT2D eigenvalue weighted by Gasteiger charge is 2.30. The molecule has 13 nitrogen and oxygen atoms in total. The summed E-state index contributed by atoms with van der Waals surface area (Å²) in [7, 11) is 0. The maximum atomic E-state index is 12.4. The van der Waals surface area contributed by atoms with Gasteiger partial charge in [0.05, 0.1) is 18.9 Å². The number of hydrogen-bond acceptors (Lipinski definition) is 7. The lowest BCUT2D eigenvalue weighted by Crippen LogP contribution is -2.57. The Kier molecular flexibility index (Phi) is 11.0. The van der Waals surface area contributed by atoms with Crippen LogP contribution in [0.15, 0.2) is 0 Å². The minimum absolute atomic E-state index is 0.0869. The van der Waals surface area contributed by atoms with Crippen molar-refractivity contribution in [1.82, 2.24) is 16.0 Å². The van der Waals surface area contributed by atoms with Crippen LogP contribution in [-0.4, -0.2) is 69.9 Å². The highest BCUT2D eigenvalue weighted by atomic mass is 16.4. The molecule has 0 bridgehead atoms. The second-order valence-electron chi connectivity index (χ2n) is 7.20. The lowest BCUT2D eigenvalue weighted by Gasteiger charge is -2.23. The van der Waals surface area contributed by atoms with Crippen molar-refractivity contribution in [2.45, 2.75) is 64.2 Å². The van der Waals surface area contributed by atoms with Crippen molar-refractivity contribution >= 4 is 35.6 Å². The predicted octanol–water partition coefficient (Wildman–Crippen LogP) is -2.73. The third kappa shape index (κ3) is 10.4. The van der Waals surface area contributed by atoms with Gasteiger partial charge in [-0.25, -0.2) is 4.79 Å². The van der Waals surface area contributed by atoms with E-state index < -0.39 is 72.6 Å². The Morgan fingerprint density at radius 3 is 1.77 bits per heavy atom. The first-order chi connectivity index (χ1) is 13.7. The second kappa shape index (κ2) is 12.4. The zero-order valence-corrected chi connectivity index (χ0v) is 17.0. The quantitative estimate of drug-likeness (QED) is 0.160. The Hall–Kier alpha value is -3.22. The number of nitrogens with two attached hydrogens (primary N) is 2. The molecule has 30 heavy (non-hydrogen) atoms. The van der Waals surface area contributed by atoms with Crippen LogP contribution in [0.5, 0.6) is 0 Å². The Labute approximate surface area is 172 Å². The number of rotatable bonds is 13. The fraction of sp³-hybridized carbons (Fsp3) is 0.647. The predicted molar refractivity (Wildman–Crippen MR) is 103 cm³/mol. The molecule has 0 radical (unpaired) electrons. The van der Waals surface area contributed by atoms with Gasteiger partial charge in [-0.15, -0.1) is 0 Å². The number of carbonyl (C=O) groups excluding carboxylic acids is 4. The Morgan fingerprint density at radius 1 is 0.800 bits per heavy atom. The average Bonchev–Trinajstić information content (AvgIpc) is 2.58. The van der Waals surface area contributed by atoms with E-state index in [1.165, 1.54) is 6.92 Å². The molecular formula is C17H29N5O8. The van der Waals surface area contributed by atoms with Gasteiger partial charge >= 0.3 is 11.9 Å². The molecule has 0 aromatic heterocycles. The standard InChI is InChI=1S/C17H29N5O8/c1-7(2)4-9(18)15(27)21-10(6-13(24)25)16(28)20-8(3)14(26)22-11(17(29)30)5-12(19)23/h7-11H,4-6,18H2,1-3H3,(H2,19,23)(H,20,28)(H,21,27)(H,22,26)(H,24,25)(H,29,30). The summed E-state index contributed by atoms with van der Waals surface area (Å²) >= 11 is 0. The fourth-order valence-corrected chi connectivity index (χ4v) is 2.36. The second-order valence-corrected chi connectivity index (χ2v) is 7.20. The van der Waals surface area contributed by atoms with Crippen molar-refractivity contribution in [1.29, 1.82) is 0 Å². The van der Waals surface area contributed by atoms with Crippen LogP contribution >= 0.6 is 0 Å². The molecule has 0 aliphatic carbocycles. The smallest absolute Gasteiger partial charge is 0.326 e. The topological polar surface area (TPSA) is 231 Å². The number of hydrogen-bond donors (Lipinski definition) is 7. The summed E-state index contributed by atoms with van der Waals surface area (Å²) in [6.45, 7) is 4.87. The van der Waals surface area contributed by atoms with Crippen LogP contribution in [0, 0.1) is 5.92 Å². The van der Waals surface area contributed by atoms with Crippen molar-refractivity contribution in [3.05, 3.63) is 0 Å². The summed E-state index contributed by atoms with van der Waals surface area (Å²) < 4.78 is 0. The van der Waals surface area contributed by atoms with Gasteiger partial charge in [0.15, 0.2) is 0 Å². The molecule has 0 aromatic rings. The number of aliphatic carboxylic acids is 2. The van der Waals surface area contributed by atoms with E-state index in [9.17, 15) is 28.8 Å². The molecular weight excluding hydrogens is 402 g/mol. The maximum Gasteiger partial charge on any atom is 0.326 e. The monoisotopic (exact) mass is 431 g/mol. The molecule has 0 spiro atoms. The lowest BCUT2D eigenvalue weighted by atomic mass is 10.0. The molecule has 0 saturated heterocycles. The number of carboxylic acid groups (broad SMARTS) is 2. The number of carbonyl (C=O) groups is 6. The van der Waals surface area contributed by atoms with E-state index in [2.05, 4.69) is 10.6 Å². The van der Waals surface area contributed by atoms with Gasteiger partial charge in [-0.05, 0) is 19.3 Å². The largest absolute Gasteiger partial charge is 0.481 e. The van der Waals surface area contributed by atoms with Crippen LogP contribution in [0.4, 0.5) is 0 Å². The highest BCUT2D eigenvalue weighted by Crippen LogP contribution is 2.04. The Balaban J connectivity index is 5.10. The van der Waals surface area contributed by atoms with Crippen LogP contribution < -0.4 is 27.4 Å². The molecule has 4 amide bonds. The Morgan fingerprint density at radius 2 is 1.33 bits per heavy atom. The molecule has 0 fully saturated rings. The van der Waals surface area contributed by atoms with Gasteiger partial charge in [-0.2, -0.15) is 0 Å².